The lowest BCUT2D eigenvalue weighted by Crippen LogP contribution is -2.30. The SMILES string of the molecule is CCCCN(CCN)Cc1ccc(Cl)c(Cl)c1. The average Bonchev–Trinajstić information content (AvgIpc) is 2.31. The third kappa shape index (κ3) is 5.26. The van der Waals surface area contributed by atoms with Crippen molar-refractivity contribution >= 4 is 23.2 Å². The minimum absolute atomic E-state index is 0.606. The number of hydrogen-bond acceptors (Lipinski definition) is 2. The highest BCUT2D eigenvalue weighted by Crippen LogP contribution is 2.23. The van der Waals surface area contributed by atoms with Crippen LogP contribution < -0.4 is 5.73 Å². The fraction of sp³-hybridized carbons (Fsp3) is 0.538. The van der Waals surface area contributed by atoms with Gasteiger partial charge >= 0.3 is 0 Å². The molecule has 0 heterocycles. The fourth-order valence-corrected chi connectivity index (χ4v) is 2.05. The van der Waals surface area contributed by atoms with Gasteiger partial charge in [-0.15, -0.1) is 0 Å². The van der Waals surface area contributed by atoms with Crippen molar-refractivity contribution in [2.24, 2.45) is 5.73 Å². The maximum Gasteiger partial charge on any atom is 0.0595 e. The summed E-state index contributed by atoms with van der Waals surface area (Å²) in [5.74, 6) is 0. The van der Waals surface area contributed by atoms with Crippen LogP contribution in [0.2, 0.25) is 10.0 Å². The number of rotatable bonds is 7. The Labute approximate surface area is 114 Å². The second-order valence-corrected chi connectivity index (χ2v) is 4.98. The second kappa shape index (κ2) is 7.93. The van der Waals surface area contributed by atoms with Gasteiger partial charge in [-0.2, -0.15) is 0 Å². The molecule has 2 nitrogen and oxygen atoms in total. The van der Waals surface area contributed by atoms with Crippen molar-refractivity contribution in [3.8, 4) is 0 Å². The summed E-state index contributed by atoms with van der Waals surface area (Å²) >= 11 is 11.9. The number of halogens is 2. The predicted octanol–water partition coefficient (Wildman–Crippen LogP) is 3.55. The summed E-state index contributed by atoms with van der Waals surface area (Å²) in [5.41, 5.74) is 6.80. The molecule has 17 heavy (non-hydrogen) atoms. The molecule has 0 fully saturated rings. The van der Waals surface area contributed by atoms with E-state index < -0.39 is 0 Å². The van der Waals surface area contributed by atoms with E-state index in [2.05, 4.69) is 11.8 Å². The zero-order valence-electron chi connectivity index (χ0n) is 10.3. The van der Waals surface area contributed by atoms with E-state index in [1.165, 1.54) is 18.4 Å². The van der Waals surface area contributed by atoms with Gasteiger partial charge in [0.1, 0.15) is 0 Å². The van der Waals surface area contributed by atoms with E-state index in [0.717, 1.165) is 19.6 Å². The van der Waals surface area contributed by atoms with Crippen molar-refractivity contribution in [1.29, 1.82) is 0 Å². The van der Waals surface area contributed by atoms with Crippen LogP contribution in [0.25, 0.3) is 0 Å². The molecule has 96 valence electrons. The van der Waals surface area contributed by atoms with Gasteiger partial charge in [-0.3, -0.25) is 4.90 Å². The van der Waals surface area contributed by atoms with Gasteiger partial charge in [0.15, 0.2) is 0 Å². The third-order valence-corrected chi connectivity index (χ3v) is 3.40. The summed E-state index contributed by atoms with van der Waals surface area (Å²) in [6.07, 6.45) is 2.39. The Kier molecular flexibility index (Phi) is 6.90. The molecule has 0 bridgehead atoms. The number of nitrogens with zero attached hydrogens (tertiary/aromatic N) is 1. The molecule has 1 aromatic carbocycles. The van der Waals surface area contributed by atoms with Gasteiger partial charge in [-0.25, -0.2) is 0 Å². The summed E-state index contributed by atoms with van der Waals surface area (Å²) in [5, 5.41) is 1.22. The quantitative estimate of drug-likeness (QED) is 0.824. The second-order valence-electron chi connectivity index (χ2n) is 4.17. The molecule has 0 unspecified atom stereocenters. The average molecular weight is 275 g/mol. The maximum absolute atomic E-state index is 6.00. The minimum Gasteiger partial charge on any atom is -0.329 e. The molecule has 0 spiro atoms. The lowest BCUT2D eigenvalue weighted by atomic mass is 10.2. The lowest BCUT2D eigenvalue weighted by molar-refractivity contribution is 0.268. The first-order valence-corrected chi connectivity index (χ1v) is 6.79. The molecule has 0 amide bonds. The zero-order chi connectivity index (χ0) is 12.7. The van der Waals surface area contributed by atoms with E-state index >= 15 is 0 Å². The van der Waals surface area contributed by atoms with Crippen molar-refractivity contribution in [1.82, 2.24) is 4.90 Å². The van der Waals surface area contributed by atoms with Crippen LogP contribution in [0.5, 0.6) is 0 Å². The van der Waals surface area contributed by atoms with E-state index in [9.17, 15) is 0 Å². The maximum atomic E-state index is 6.00. The van der Waals surface area contributed by atoms with Crippen LogP contribution in [0.1, 0.15) is 25.3 Å². The highest BCUT2D eigenvalue weighted by molar-refractivity contribution is 6.42. The molecule has 0 aromatic heterocycles. The number of nitrogens with two attached hydrogens (primary N) is 1. The molecule has 1 rings (SSSR count). The molecule has 1 aromatic rings. The molecular weight excluding hydrogens is 255 g/mol. The standard InChI is InChI=1S/C13H20Cl2N2/c1-2-3-7-17(8-6-16)10-11-4-5-12(14)13(15)9-11/h4-5,9H,2-3,6-8,10,16H2,1H3. The summed E-state index contributed by atoms with van der Waals surface area (Å²) < 4.78 is 0. The van der Waals surface area contributed by atoms with Gasteiger partial charge in [-0.05, 0) is 30.7 Å². The number of benzene rings is 1. The molecule has 0 radical (unpaired) electrons. The van der Waals surface area contributed by atoms with E-state index in [0.29, 0.717) is 16.6 Å². The Hall–Kier alpha value is -0.280. The van der Waals surface area contributed by atoms with Crippen LogP contribution in [-0.2, 0) is 6.54 Å². The lowest BCUT2D eigenvalue weighted by Gasteiger charge is -2.21. The summed E-state index contributed by atoms with van der Waals surface area (Å²) in [4.78, 5) is 2.35. The minimum atomic E-state index is 0.606. The molecule has 4 heteroatoms. The van der Waals surface area contributed by atoms with Gasteiger partial charge in [-0.1, -0.05) is 42.6 Å². The molecule has 0 atom stereocenters. The highest BCUT2D eigenvalue weighted by Gasteiger charge is 2.06. The first kappa shape index (κ1) is 14.8. The largest absolute Gasteiger partial charge is 0.329 e. The molecule has 2 N–H and O–H groups in total. The van der Waals surface area contributed by atoms with E-state index in [4.69, 9.17) is 28.9 Å². The Bertz CT molecular complexity index is 342. The first-order chi connectivity index (χ1) is 8.17. The van der Waals surface area contributed by atoms with Crippen molar-refractivity contribution in [3.05, 3.63) is 33.8 Å². The smallest absolute Gasteiger partial charge is 0.0595 e. The third-order valence-electron chi connectivity index (χ3n) is 2.66. The first-order valence-electron chi connectivity index (χ1n) is 6.03. The fourth-order valence-electron chi connectivity index (χ4n) is 1.73. The van der Waals surface area contributed by atoms with Crippen molar-refractivity contribution < 1.29 is 0 Å². The van der Waals surface area contributed by atoms with Gasteiger partial charge < -0.3 is 5.73 Å². The summed E-state index contributed by atoms with van der Waals surface area (Å²) in [7, 11) is 0. The van der Waals surface area contributed by atoms with Gasteiger partial charge in [0.25, 0.3) is 0 Å². The predicted molar refractivity (Wildman–Crippen MR) is 75.7 cm³/mol. The monoisotopic (exact) mass is 274 g/mol. The summed E-state index contributed by atoms with van der Waals surface area (Å²) in [6.45, 7) is 5.76. The highest BCUT2D eigenvalue weighted by atomic mass is 35.5. The number of hydrogen-bond donors (Lipinski definition) is 1. The normalized spacial score (nSPS) is 11.1. The molecule has 0 aliphatic rings. The van der Waals surface area contributed by atoms with Crippen LogP contribution in [0.15, 0.2) is 18.2 Å². The van der Waals surface area contributed by atoms with Crippen LogP contribution >= 0.6 is 23.2 Å². The van der Waals surface area contributed by atoms with E-state index in [-0.39, 0.29) is 0 Å². The van der Waals surface area contributed by atoms with Crippen molar-refractivity contribution in [3.63, 3.8) is 0 Å². The van der Waals surface area contributed by atoms with Crippen LogP contribution in [-0.4, -0.2) is 24.5 Å². The van der Waals surface area contributed by atoms with Gasteiger partial charge in [0.05, 0.1) is 10.0 Å². The zero-order valence-corrected chi connectivity index (χ0v) is 11.8. The molecule has 0 aliphatic carbocycles. The molecule has 0 saturated carbocycles. The van der Waals surface area contributed by atoms with E-state index in [1.807, 2.05) is 18.2 Å². The molecule has 0 saturated heterocycles. The topological polar surface area (TPSA) is 29.3 Å². The molecule has 0 aliphatic heterocycles. The number of unbranched alkanes of at least 4 members (excludes halogenated alkanes) is 1. The van der Waals surface area contributed by atoms with Gasteiger partial charge in [0, 0.05) is 19.6 Å². The van der Waals surface area contributed by atoms with Crippen molar-refractivity contribution in [2.45, 2.75) is 26.3 Å². The van der Waals surface area contributed by atoms with E-state index in [1.54, 1.807) is 0 Å². The van der Waals surface area contributed by atoms with Crippen molar-refractivity contribution in [2.75, 3.05) is 19.6 Å². The summed E-state index contributed by atoms with van der Waals surface area (Å²) in [6, 6.07) is 5.79. The van der Waals surface area contributed by atoms with Crippen LogP contribution in [0.3, 0.4) is 0 Å². The Morgan fingerprint density at radius 2 is 1.94 bits per heavy atom. The Morgan fingerprint density at radius 3 is 2.53 bits per heavy atom. The van der Waals surface area contributed by atoms with Crippen LogP contribution in [0.4, 0.5) is 0 Å². The van der Waals surface area contributed by atoms with Gasteiger partial charge in [0.2, 0.25) is 0 Å². The molecular formula is C13H20Cl2N2. The Morgan fingerprint density at radius 1 is 1.18 bits per heavy atom. The Balaban J connectivity index is 2.61. The van der Waals surface area contributed by atoms with Crippen LogP contribution in [0, 0.1) is 0 Å².